The van der Waals surface area contributed by atoms with Crippen molar-refractivity contribution in [2.24, 2.45) is 0 Å². The summed E-state index contributed by atoms with van der Waals surface area (Å²) in [6.45, 7) is 1.32. The van der Waals surface area contributed by atoms with E-state index < -0.39 is 17.6 Å². The molecule has 1 aromatic rings. The topological polar surface area (TPSA) is 9.23 Å². The summed E-state index contributed by atoms with van der Waals surface area (Å²) < 4.78 is 41.5. The third kappa shape index (κ3) is 3.87. The zero-order valence-corrected chi connectivity index (χ0v) is 10.7. The van der Waals surface area contributed by atoms with Crippen LogP contribution in [0.3, 0.4) is 0 Å². The molecule has 1 atom stereocenters. The van der Waals surface area contributed by atoms with Crippen molar-refractivity contribution in [1.29, 1.82) is 0 Å². The summed E-state index contributed by atoms with van der Waals surface area (Å²) in [6.07, 6.45) is -4.32. The van der Waals surface area contributed by atoms with Crippen LogP contribution >= 0.6 is 27.5 Å². The van der Waals surface area contributed by atoms with Crippen LogP contribution in [-0.2, 0) is 0 Å². The van der Waals surface area contributed by atoms with Gasteiger partial charge in [0.2, 0.25) is 0 Å². The molecule has 1 nitrogen and oxygen atoms in total. The average Bonchev–Trinajstić information content (AvgIpc) is 2.14. The van der Waals surface area contributed by atoms with E-state index in [1.165, 1.54) is 0 Å². The molecule has 0 saturated carbocycles. The molecule has 0 fully saturated rings. The predicted octanol–water partition coefficient (Wildman–Crippen LogP) is 4.35. The van der Waals surface area contributed by atoms with Crippen molar-refractivity contribution in [3.05, 3.63) is 28.8 Å². The Bertz CT molecular complexity index is 368. The summed E-state index contributed by atoms with van der Waals surface area (Å²) in [5.41, 5.74) is 0.920. The first-order valence-electron chi connectivity index (χ1n) is 4.40. The molecule has 16 heavy (non-hydrogen) atoms. The molecule has 0 heterocycles. The normalized spacial score (nSPS) is 13.6. The number of hydrogen-bond donors (Lipinski definition) is 0. The third-order valence-electron chi connectivity index (χ3n) is 1.83. The zero-order valence-electron chi connectivity index (χ0n) is 8.31. The third-order valence-corrected chi connectivity index (χ3v) is 2.91. The summed E-state index contributed by atoms with van der Waals surface area (Å²) in [4.78, 5) is -1.70. The Kier molecular flexibility index (Phi) is 4.50. The van der Waals surface area contributed by atoms with Crippen LogP contribution in [0.1, 0.15) is 5.56 Å². The Hall–Kier alpha value is -0.420. The van der Waals surface area contributed by atoms with E-state index in [4.69, 9.17) is 16.3 Å². The number of ether oxygens (including phenoxy) is 1. The van der Waals surface area contributed by atoms with Gasteiger partial charge < -0.3 is 4.74 Å². The lowest BCUT2D eigenvalue weighted by molar-refractivity contribution is -0.132. The van der Waals surface area contributed by atoms with Gasteiger partial charge in [0.05, 0.1) is 5.02 Å². The molecule has 0 aliphatic rings. The fraction of sp³-hybridized carbons (Fsp3) is 0.400. The van der Waals surface area contributed by atoms with Crippen molar-refractivity contribution in [3.63, 3.8) is 0 Å². The van der Waals surface area contributed by atoms with Crippen molar-refractivity contribution in [1.82, 2.24) is 0 Å². The van der Waals surface area contributed by atoms with Crippen molar-refractivity contribution < 1.29 is 17.9 Å². The van der Waals surface area contributed by atoms with Gasteiger partial charge in [-0.05, 0) is 24.6 Å². The first kappa shape index (κ1) is 13.6. The Labute approximate surface area is 105 Å². The van der Waals surface area contributed by atoms with E-state index in [1.807, 2.05) is 6.92 Å². The molecule has 0 amide bonds. The molecular formula is C10H9BrClF3O. The lowest BCUT2D eigenvalue weighted by Gasteiger charge is -2.15. The number of alkyl halides is 4. The Morgan fingerprint density at radius 1 is 1.44 bits per heavy atom. The second-order valence-corrected chi connectivity index (χ2v) is 4.77. The fourth-order valence-electron chi connectivity index (χ4n) is 0.980. The molecule has 0 bridgehead atoms. The van der Waals surface area contributed by atoms with Crippen LogP contribution in [0.5, 0.6) is 5.75 Å². The van der Waals surface area contributed by atoms with Gasteiger partial charge in [0.15, 0.2) is 0 Å². The Morgan fingerprint density at radius 3 is 2.56 bits per heavy atom. The molecule has 0 aromatic heterocycles. The standard InChI is InChI=1S/C10H9BrClF3O/c1-6-2-3-8(7(12)4-6)16-5-9(11)10(13,14)15/h2-4,9H,5H2,1H3. The monoisotopic (exact) mass is 316 g/mol. The van der Waals surface area contributed by atoms with Crippen LogP contribution in [0.2, 0.25) is 5.02 Å². The molecule has 0 saturated heterocycles. The highest BCUT2D eigenvalue weighted by molar-refractivity contribution is 9.09. The molecule has 0 aliphatic heterocycles. The first-order chi connectivity index (χ1) is 7.30. The quantitative estimate of drug-likeness (QED) is 0.753. The lowest BCUT2D eigenvalue weighted by atomic mass is 10.2. The van der Waals surface area contributed by atoms with E-state index in [1.54, 1.807) is 18.2 Å². The molecule has 0 N–H and O–H groups in total. The van der Waals surface area contributed by atoms with Gasteiger partial charge in [0.25, 0.3) is 0 Å². The second-order valence-electron chi connectivity index (χ2n) is 3.25. The zero-order chi connectivity index (χ0) is 12.3. The van der Waals surface area contributed by atoms with Crippen molar-refractivity contribution in [2.75, 3.05) is 6.61 Å². The van der Waals surface area contributed by atoms with Crippen LogP contribution in [0.25, 0.3) is 0 Å². The molecule has 0 aliphatic carbocycles. The van der Waals surface area contributed by atoms with E-state index >= 15 is 0 Å². The van der Waals surface area contributed by atoms with Gasteiger partial charge >= 0.3 is 6.18 Å². The van der Waals surface area contributed by atoms with Crippen LogP contribution in [0, 0.1) is 6.92 Å². The lowest BCUT2D eigenvalue weighted by Crippen LogP contribution is -2.28. The van der Waals surface area contributed by atoms with Crippen LogP contribution in [0.4, 0.5) is 13.2 Å². The summed E-state index contributed by atoms with van der Waals surface area (Å²) in [5, 5.41) is 0.307. The number of hydrogen-bond acceptors (Lipinski definition) is 1. The van der Waals surface area contributed by atoms with E-state index in [2.05, 4.69) is 15.9 Å². The minimum absolute atomic E-state index is 0.251. The highest BCUT2D eigenvalue weighted by Crippen LogP contribution is 2.29. The molecule has 6 heteroatoms. The van der Waals surface area contributed by atoms with Crippen LogP contribution in [0.15, 0.2) is 18.2 Å². The smallest absolute Gasteiger partial charge is 0.404 e. The average molecular weight is 318 g/mol. The molecule has 1 aromatic carbocycles. The number of rotatable bonds is 3. The number of halogens is 5. The summed E-state index contributed by atoms with van der Waals surface area (Å²) in [7, 11) is 0. The summed E-state index contributed by atoms with van der Waals surface area (Å²) >= 11 is 8.31. The molecule has 0 radical (unpaired) electrons. The molecule has 0 spiro atoms. The van der Waals surface area contributed by atoms with Gasteiger partial charge in [-0.1, -0.05) is 33.6 Å². The van der Waals surface area contributed by atoms with E-state index in [0.717, 1.165) is 5.56 Å². The summed E-state index contributed by atoms with van der Waals surface area (Å²) in [5.74, 6) is 0.251. The van der Waals surface area contributed by atoms with Gasteiger partial charge in [-0.3, -0.25) is 0 Å². The van der Waals surface area contributed by atoms with Gasteiger partial charge in [-0.25, -0.2) is 0 Å². The van der Waals surface area contributed by atoms with E-state index in [0.29, 0.717) is 5.02 Å². The molecule has 90 valence electrons. The first-order valence-corrected chi connectivity index (χ1v) is 5.70. The number of aryl methyl sites for hydroxylation is 1. The van der Waals surface area contributed by atoms with Gasteiger partial charge in [-0.15, -0.1) is 0 Å². The second kappa shape index (κ2) is 5.27. The van der Waals surface area contributed by atoms with E-state index in [-0.39, 0.29) is 5.75 Å². The van der Waals surface area contributed by atoms with E-state index in [9.17, 15) is 13.2 Å². The minimum atomic E-state index is -4.32. The Balaban J connectivity index is 2.62. The molecule has 1 unspecified atom stereocenters. The van der Waals surface area contributed by atoms with Crippen LogP contribution < -0.4 is 4.74 Å². The predicted molar refractivity (Wildman–Crippen MR) is 60.5 cm³/mol. The molecule has 1 rings (SSSR count). The van der Waals surface area contributed by atoms with Gasteiger partial charge in [0.1, 0.15) is 17.2 Å². The SMILES string of the molecule is Cc1ccc(OCC(Br)C(F)(F)F)c(Cl)c1. The maximum Gasteiger partial charge on any atom is 0.404 e. The van der Waals surface area contributed by atoms with Gasteiger partial charge in [-0.2, -0.15) is 13.2 Å². The van der Waals surface area contributed by atoms with Crippen molar-refractivity contribution >= 4 is 27.5 Å². The fourth-order valence-corrected chi connectivity index (χ4v) is 1.40. The largest absolute Gasteiger partial charge is 0.491 e. The van der Waals surface area contributed by atoms with Crippen LogP contribution in [-0.4, -0.2) is 17.6 Å². The number of benzene rings is 1. The highest BCUT2D eigenvalue weighted by atomic mass is 79.9. The maximum atomic E-state index is 12.2. The summed E-state index contributed by atoms with van der Waals surface area (Å²) in [6, 6.07) is 4.90. The van der Waals surface area contributed by atoms with Gasteiger partial charge in [0, 0.05) is 0 Å². The maximum absolute atomic E-state index is 12.2. The molecular weight excluding hydrogens is 308 g/mol. The van der Waals surface area contributed by atoms with Crippen molar-refractivity contribution in [3.8, 4) is 5.75 Å². The minimum Gasteiger partial charge on any atom is -0.491 e. The van der Waals surface area contributed by atoms with Crippen molar-refractivity contribution in [2.45, 2.75) is 17.9 Å². The Morgan fingerprint density at radius 2 is 2.06 bits per heavy atom. The highest BCUT2D eigenvalue weighted by Gasteiger charge is 2.38.